The Morgan fingerprint density at radius 2 is 1.27 bits per heavy atom. The fraction of sp³-hybridized carbons (Fsp3) is 0.115. The van der Waals surface area contributed by atoms with Gasteiger partial charge in [0.05, 0.1) is 0 Å². The van der Waals surface area contributed by atoms with Crippen LogP contribution in [-0.4, -0.2) is 23.8 Å². The number of carbonyl (C=O) groups is 1. The number of Topliss-reactive ketones (excluding diaryl/α,β-unsaturated/α-hetero) is 1. The van der Waals surface area contributed by atoms with E-state index in [1.165, 1.54) is 5.56 Å². The number of nitrogens with zero attached hydrogens (tertiary/aromatic N) is 1. The van der Waals surface area contributed by atoms with Crippen LogP contribution in [0.1, 0.15) is 16.7 Å². The zero-order chi connectivity index (χ0) is 20.9. The minimum atomic E-state index is 0.124. The van der Waals surface area contributed by atoms with Gasteiger partial charge in [0.15, 0.2) is 5.78 Å². The number of carbonyl (C=O) groups excluding carboxylic acids is 1. The first-order valence-corrected chi connectivity index (χ1v) is 11.4. The van der Waals surface area contributed by atoms with Gasteiger partial charge in [-0.05, 0) is 53.1 Å². The third-order valence-corrected chi connectivity index (χ3v) is 5.99. The summed E-state index contributed by atoms with van der Waals surface area (Å²) in [5.74, 6) is 0.124. The van der Waals surface area contributed by atoms with Crippen LogP contribution in [-0.2, 0) is 11.3 Å². The molecule has 3 aromatic rings. The van der Waals surface area contributed by atoms with E-state index in [1.807, 2.05) is 66.7 Å². The van der Waals surface area contributed by atoms with Crippen LogP contribution in [0.15, 0.2) is 99.0 Å². The molecule has 150 valence electrons. The summed E-state index contributed by atoms with van der Waals surface area (Å²) >= 11 is 7.04. The minimum Gasteiger partial charge on any atom is -0.290 e. The van der Waals surface area contributed by atoms with Crippen LogP contribution in [0.2, 0.25) is 0 Å². The van der Waals surface area contributed by atoms with Crippen molar-refractivity contribution in [3.8, 4) is 0 Å². The van der Waals surface area contributed by atoms with Crippen molar-refractivity contribution in [2.75, 3.05) is 13.1 Å². The Balaban J connectivity index is 1.69. The fourth-order valence-corrected chi connectivity index (χ4v) is 4.49. The van der Waals surface area contributed by atoms with Crippen molar-refractivity contribution in [1.82, 2.24) is 4.90 Å². The highest BCUT2D eigenvalue weighted by Gasteiger charge is 2.26. The molecule has 0 radical (unpaired) electrons. The van der Waals surface area contributed by atoms with Gasteiger partial charge >= 0.3 is 0 Å². The van der Waals surface area contributed by atoms with Crippen LogP contribution < -0.4 is 0 Å². The third kappa shape index (κ3) is 5.45. The van der Waals surface area contributed by atoms with Gasteiger partial charge in [-0.15, -0.1) is 0 Å². The number of hydrogen-bond donors (Lipinski definition) is 0. The van der Waals surface area contributed by atoms with Crippen molar-refractivity contribution >= 4 is 49.8 Å². The number of piperidine rings is 1. The summed E-state index contributed by atoms with van der Waals surface area (Å²) in [6.07, 6.45) is 4.03. The van der Waals surface area contributed by atoms with Crippen LogP contribution in [0.5, 0.6) is 0 Å². The highest BCUT2D eigenvalue weighted by Crippen LogP contribution is 2.25. The Bertz CT molecular complexity index is 1050. The van der Waals surface area contributed by atoms with Gasteiger partial charge in [-0.2, -0.15) is 0 Å². The number of benzene rings is 3. The zero-order valence-corrected chi connectivity index (χ0v) is 19.6. The lowest BCUT2D eigenvalue weighted by Gasteiger charge is -2.30. The predicted molar refractivity (Wildman–Crippen MR) is 131 cm³/mol. The summed E-state index contributed by atoms with van der Waals surface area (Å²) in [6.45, 7) is 2.08. The highest BCUT2D eigenvalue weighted by atomic mass is 79.9. The van der Waals surface area contributed by atoms with Gasteiger partial charge in [0, 0.05) is 39.7 Å². The summed E-state index contributed by atoms with van der Waals surface area (Å²) in [5.41, 5.74) is 4.93. The van der Waals surface area contributed by atoms with Crippen LogP contribution >= 0.6 is 31.9 Å². The molecule has 1 heterocycles. The van der Waals surface area contributed by atoms with Gasteiger partial charge in [0.1, 0.15) is 0 Å². The van der Waals surface area contributed by atoms with E-state index < -0.39 is 0 Å². The standard InChI is InChI=1S/C26H21Br2NO/c27-24-10-4-8-20(14-24)12-22-17-29(16-19-6-2-1-3-7-19)18-23(26(22)30)13-21-9-5-11-25(28)15-21/h1-15H,16-18H2/b22-12+,23-13+. The second-order valence-corrected chi connectivity index (χ2v) is 9.24. The highest BCUT2D eigenvalue weighted by molar-refractivity contribution is 9.10. The van der Waals surface area contributed by atoms with E-state index in [0.717, 1.165) is 37.8 Å². The molecule has 0 aromatic heterocycles. The molecule has 0 atom stereocenters. The number of ketones is 1. The summed E-state index contributed by atoms with van der Waals surface area (Å²) in [6, 6.07) is 26.5. The van der Waals surface area contributed by atoms with Crippen molar-refractivity contribution in [3.05, 3.63) is 116 Å². The van der Waals surface area contributed by atoms with Crippen LogP contribution in [0.3, 0.4) is 0 Å². The Labute approximate surface area is 194 Å². The van der Waals surface area contributed by atoms with Gasteiger partial charge in [0.2, 0.25) is 0 Å². The lowest BCUT2D eigenvalue weighted by atomic mass is 9.94. The van der Waals surface area contributed by atoms with Crippen molar-refractivity contribution in [1.29, 1.82) is 0 Å². The van der Waals surface area contributed by atoms with Crippen LogP contribution in [0.25, 0.3) is 12.2 Å². The molecule has 0 saturated carbocycles. The number of hydrogen-bond acceptors (Lipinski definition) is 2. The van der Waals surface area contributed by atoms with Crippen LogP contribution in [0, 0.1) is 0 Å². The van der Waals surface area contributed by atoms with Gasteiger partial charge in [-0.25, -0.2) is 0 Å². The molecular weight excluding hydrogens is 502 g/mol. The van der Waals surface area contributed by atoms with E-state index in [4.69, 9.17) is 0 Å². The molecule has 4 rings (SSSR count). The van der Waals surface area contributed by atoms with E-state index in [0.29, 0.717) is 13.1 Å². The Morgan fingerprint density at radius 1 is 0.733 bits per heavy atom. The lowest BCUT2D eigenvalue weighted by Crippen LogP contribution is -2.37. The molecule has 1 aliphatic rings. The average molecular weight is 523 g/mol. The van der Waals surface area contributed by atoms with Gasteiger partial charge in [0.25, 0.3) is 0 Å². The first-order chi connectivity index (χ1) is 14.6. The maximum absolute atomic E-state index is 13.3. The quantitative estimate of drug-likeness (QED) is 0.352. The Morgan fingerprint density at radius 3 is 1.77 bits per heavy atom. The second kappa shape index (κ2) is 9.69. The van der Waals surface area contributed by atoms with Crippen molar-refractivity contribution in [3.63, 3.8) is 0 Å². The molecule has 0 unspecified atom stereocenters. The monoisotopic (exact) mass is 521 g/mol. The van der Waals surface area contributed by atoms with E-state index in [9.17, 15) is 4.79 Å². The van der Waals surface area contributed by atoms with Crippen molar-refractivity contribution < 1.29 is 4.79 Å². The van der Waals surface area contributed by atoms with Gasteiger partial charge in [-0.3, -0.25) is 9.69 Å². The summed E-state index contributed by atoms with van der Waals surface area (Å²) in [7, 11) is 0. The van der Waals surface area contributed by atoms with Gasteiger partial charge < -0.3 is 0 Å². The molecule has 0 N–H and O–H groups in total. The molecule has 2 nitrogen and oxygen atoms in total. The molecule has 4 heteroatoms. The minimum absolute atomic E-state index is 0.124. The Hall–Kier alpha value is -2.27. The smallest absolute Gasteiger partial charge is 0.187 e. The molecule has 30 heavy (non-hydrogen) atoms. The second-order valence-electron chi connectivity index (χ2n) is 7.41. The number of likely N-dealkylation sites (tertiary alicyclic amines) is 1. The zero-order valence-electron chi connectivity index (χ0n) is 16.4. The number of rotatable bonds is 4. The molecule has 1 fully saturated rings. The van der Waals surface area contributed by atoms with E-state index in [-0.39, 0.29) is 5.78 Å². The first kappa shape index (κ1) is 21.0. The largest absolute Gasteiger partial charge is 0.290 e. The Kier molecular flexibility index (Phi) is 6.78. The molecular formula is C26H21Br2NO. The predicted octanol–water partition coefficient (Wildman–Crippen LogP) is 6.76. The molecule has 0 amide bonds. The molecule has 0 aliphatic carbocycles. The summed E-state index contributed by atoms with van der Waals surface area (Å²) in [5, 5.41) is 0. The first-order valence-electron chi connectivity index (χ1n) is 9.80. The molecule has 1 aliphatic heterocycles. The summed E-state index contributed by atoms with van der Waals surface area (Å²) in [4.78, 5) is 15.6. The maximum Gasteiger partial charge on any atom is 0.187 e. The maximum atomic E-state index is 13.3. The molecule has 0 bridgehead atoms. The fourth-order valence-electron chi connectivity index (χ4n) is 3.66. The molecule has 3 aromatic carbocycles. The molecule has 1 saturated heterocycles. The summed E-state index contributed by atoms with van der Waals surface area (Å²) < 4.78 is 2.01. The normalized spacial score (nSPS) is 17.6. The van der Waals surface area contributed by atoms with E-state index in [1.54, 1.807) is 0 Å². The van der Waals surface area contributed by atoms with Crippen LogP contribution in [0.4, 0.5) is 0 Å². The lowest BCUT2D eigenvalue weighted by molar-refractivity contribution is -0.113. The third-order valence-electron chi connectivity index (χ3n) is 5.00. The van der Waals surface area contributed by atoms with Crippen molar-refractivity contribution in [2.45, 2.75) is 6.54 Å². The van der Waals surface area contributed by atoms with Crippen molar-refractivity contribution in [2.24, 2.45) is 0 Å². The van der Waals surface area contributed by atoms with Gasteiger partial charge in [-0.1, -0.05) is 86.5 Å². The van der Waals surface area contributed by atoms with E-state index in [2.05, 4.69) is 61.0 Å². The topological polar surface area (TPSA) is 20.3 Å². The SMILES string of the molecule is O=C1/C(=C/c2cccc(Br)c2)CN(Cc2ccccc2)C/C1=C\c1cccc(Br)c1. The average Bonchev–Trinajstić information content (AvgIpc) is 2.72. The van der Waals surface area contributed by atoms with E-state index >= 15 is 0 Å². The number of halogens is 2. The molecule has 0 spiro atoms.